The van der Waals surface area contributed by atoms with Crippen LogP contribution in [0.1, 0.15) is 24.2 Å². The summed E-state index contributed by atoms with van der Waals surface area (Å²) >= 11 is 0. The minimum absolute atomic E-state index is 0.376. The zero-order valence-corrected chi connectivity index (χ0v) is 12.7. The lowest BCUT2D eigenvalue weighted by Crippen LogP contribution is -2.38. The Kier molecular flexibility index (Phi) is 3.97. The Morgan fingerprint density at radius 3 is 2.23 bits per heavy atom. The van der Waals surface area contributed by atoms with Crippen LogP contribution in [0.25, 0.3) is 10.8 Å². The van der Waals surface area contributed by atoms with Crippen molar-refractivity contribution in [1.29, 1.82) is 0 Å². The van der Waals surface area contributed by atoms with E-state index in [4.69, 9.17) is 5.73 Å². The van der Waals surface area contributed by atoms with Crippen molar-refractivity contribution < 1.29 is 5.11 Å². The maximum absolute atomic E-state index is 10.9. The number of hydrogen-bond donors (Lipinski definition) is 2. The summed E-state index contributed by atoms with van der Waals surface area (Å²) in [4.78, 5) is 0. The molecule has 0 amide bonds. The van der Waals surface area contributed by atoms with Crippen molar-refractivity contribution in [2.75, 3.05) is 6.54 Å². The van der Waals surface area contributed by atoms with Gasteiger partial charge in [-0.3, -0.25) is 0 Å². The Morgan fingerprint density at radius 1 is 0.909 bits per heavy atom. The molecule has 0 bridgehead atoms. The predicted octanol–water partition coefficient (Wildman–Crippen LogP) is 3.79. The summed E-state index contributed by atoms with van der Waals surface area (Å²) in [6.07, 6.45) is -0.639. The Labute approximate surface area is 131 Å². The second-order valence-electron chi connectivity index (χ2n) is 6.00. The fourth-order valence-corrected chi connectivity index (χ4v) is 2.94. The summed E-state index contributed by atoms with van der Waals surface area (Å²) in [6.45, 7) is 2.40. The third kappa shape index (κ3) is 2.52. The number of rotatable bonds is 4. The minimum Gasteiger partial charge on any atom is -0.387 e. The lowest BCUT2D eigenvalue weighted by Gasteiger charge is -2.34. The SMILES string of the molecule is CC(CN)(c1ccc2ccccc2c1)C(O)c1ccccc1. The molecule has 3 aromatic rings. The van der Waals surface area contributed by atoms with E-state index in [1.807, 2.05) is 49.4 Å². The zero-order chi connectivity index (χ0) is 15.6. The molecular weight excluding hydrogens is 270 g/mol. The van der Waals surface area contributed by atoms with Crippen molar-refractivity contribution in [2.24, 2.45) is 5.73 Å². The highest BCUT2D eigenvalue weighted by molar-refractivity contribution is 5.83. The van der Waals surface area contributed by atoms with Gasteiger partial charge in [-0.05, 0) is 21.9 Å². The third-order valence-corrected chi connectivity index (χ3v) is 4.55. The Morgan fingerprint density at radius 2 is 1.55 bits per heavy atom. The molecule has 0 aliphatic rings. The quantitative estimate of drug-likeness (QED) is 0.768. The molecular formula is C20H21NO. The average molecular weight is 291 g/mol. The van der Waals surface area contributed by atoms with Gasteiger partial charge in [0, 0.05) is 12.0 Å². The van der Waals surface area contributed by atoms with Gasteiger partial charge in [0.25, 0.3) is 0 Å². The van der Waals surface area contributed by atoms with Gasteiger partial charge in [-0.2, -0.15) is 0 Å². The molecule has 0 fully saturated rings. The van der Waals surface area contributed by atoms with Gasteiger partial charge >= 0.3 is 0 Å². The van der Waals surface area contributed by atoms with Crippen LogP contribution in [-0.4, -0.2) is 11.7 Å². The summed E-state index contributed by atoms with van der Waals surface area (Å²) in [5.41, 5.74) is 7.49. The smallest absolute Gasteiger partial charge is 0.0896 e. The molecule has 0 spiro atoms. The highest BCUT2D eigenvalue weighted by Gasteiger charge is 2.34. The first-order valence-electron chi connectivity index (χ1n) is 7.57. The molecule has 0 heterocycles. The maximum atomic E-state index is 10.9. The molecule has 3 N–H and O–H groups in total. The summed E-state index contributed by atoms with van der Waals surface area (Å²) in [5.74, 6) is 0. The Hall–Kier alpha value is -2.16. The van der Waals surface area contributed by atoms with E-state index in [1.165, 1.54) is 10.8 Å². The van der Waals surface area contributed by atoms with Crippen molar-refractivity contribution >= 4 is 10.8 Å². The Bertz CT molecular complexity index is 769. The molecule has 3 aromatic carbocycles. The zero-order valence-electron chi connectivity index (χ0n) is 12.7. The van der Waals surface area contributed by atoms with Crippen LogP contribution in [-0.2, 0) is 5.41 Å². The third-order valence-electron chi connectivity index (χ3n) is 4.55. The maximum Gasteiger partial charge on any atom is 0.0896 e. The second-order valence-corrected chi connectivity index (χ2v) is 6.00. The fourth-order valence-electron chi connectivity index (χ4n) is 2.94. The van der Waals surface area contributed by atoms with E-state index in [0.29, 0.717) is 6.54 Å². The number of fused-ring (bicyclic) bond motifs is 1. The molecule has 2 heteroatoms. The average Bonchev–Trinajstić information content (AvgIpc) is 2.60. The summed E-state index contributed by atoms with van der Waals surface area (Å²) < 4.78 is 0. The highest BCUT2D eigenvalue weighted by atomic mass is 16.3. The first-order chi connectivity index (χ1) is 10.6. The lowest BCUT2D eigenvalue weighted by molar-refractivity contribution is 0.0943. The van der Waals surface area contributed by atoms with Gasteiger partial charge in [0.2, 0.25) is 0 Å². The van der Waals surface area contributed by atoms with E-state index in [9.17, 15) is 5.11 Å². The van der Waals surface area contributed by atoms with E-state index in [2.05, 4.69) is 30.3 Å². The van der Waals surface area contributed by atoms with Crippen LogP contribution in [0, 0.1) is 0 Å². The van der Waals surface area contributed by atoms with Crippen LogP contribution in [0.5, 0.6) is 0 Å². The largest absolute Gasteiger partial charge is 0.387 e. The Balaban J connectivity index is 2.07. The van der Waals surface area contributed by atoms with Crippen molar-refractivity contribution in [3.05, 3.63) is 83.9 Å². The number of nitrogens with two attached hydrogens (primary N) is 1. The number of benzene rings is 3. The summed E-state index contributed by atoms with van der Waals surface area (Å²) in [5, 5.41) is 13.2. The normalized spacial score (nSPS) is 15.4. The van der Waals surface area contributed by atoms with Crippen molar-refractivity contribution in [2.45, 2.75) is 18.4 Å². The van der Waals surface area contributed by atoms with Crippen molar-refractivity contribution in [3.8, 4) is 0 Å². The molecule has 22 heavy (non-hydrogen) atoms. The van der Waals surface area contributed by atoms with E-state index >= 15 is 0 Å². The summed E-state index contributed by atoms with van der Waals surface area (Å²) in [6, 6.07) is 24.3. The molecule has 0 radical (unpaired) electrons. The van der Waals surface area contributed by atoms with Crippen LogP contribution in [0.3, 0.4) is 0 Å². The second kappa shape index (κ2) is 5.91. The van der Waals surface area contributed by atoms with Crippen molar-refractivity contribution in [1.82, 2.24) is 0 Å². The van der Waals surface area contributed by atoms with Crippen LogP contribution in [0.2, 0.25) is 0 Å². The molecule has 0 saturated carbocycles. The molecule has 2 nitrogen and oxygen atoms in total. The highest BCUT2D eigenvalue weighted by Crippen LogP contribution is 2.37. The number of aliphatic hydroxyl groups excluding tert-OH is 1. The molecule has 0 aliphatic heterocycles. The van der Waals surface area contributed by atoms with E-state index in [0.717, 1.165) is 11.1 Å². The van der Waals surface area contributed by atoms with E-state index < -0.39 is 11.5 Å². The van der Waals surface area contributed by atoms with Gasteiger partial charge in [0.1, 0.15) is 0 Å². The van der Waals surface area contributed by atoms with E-state index in [1.54, 1.807) is 0 Å². The minimum atomic E-state index is -0.639. The van der Waals surface area contributed by atoms with Crippen LogP contribution in [0.4, 0.5) is 0 Å². The van der Waals surface area contributed by atoms with E-state index in [-0.39, 0.29) is 0 Å². The number of aliphatic hydroxyl groups is 1. The molecule has 112 valence electrons. The molecule has 0 aliphatic carbocycles. The van der Waals surface area contributed by atoms with Crippen LogP contribution in [0.15, 0.2) is 72.8 Å². The van der Waals surface area contributed by atoms with Crippen LogP contribution >= 0.6 is 0 Å². The number of hydrogen-bond acceptors (Lipinski definition) is 2. The molecule has 2 unspecified atom stereocenters. The lowest BCUT2D eigenvalue weighted by atomic mass is 9.74. The van der Waals surface area contributed by atoms with Crippen LogP contribution < -0.4 is 5.73 Å². The molecule has 0 saturated heterocycles. The molecule has 0 aromatic heterocycles. The predicted molar refractivity (Wildman–Crippen MR) is 91.8 cm³/mol. The topological polar surface area (TPSA) is 46.2 Å². The first kappa shape index (κ1) is 14.8. The molecule has 3 rings (SSSR count). The van der Waals surface area contributed by atoms with Gasteiger partial charge in [-0.25, -0.2) is 0 Å². The monoisotopic (exact) mass is 291 g/mol. The molecule has 2 atom stereocenters. The fraction of sp³-hybridized carbons (Fsp3) is 0.200. The van der Waals surface area contributed by atoms with Gasteiger partial charge in [-0.15, -0.1) is 0 Å². The van der Waals surface area contributed by atoms with Crippen molar-refractivity contribution in [3.63, 3.8) is 0 Å². The summed E-state index contributed by atoms with van der Waals surface area (Å²) in [7, 11) is 0. The van der Waals surface area contributed by atoms with Gasteiger partial charge in [0.05, 0.1) is 6.10 Å². The van der Waals surface area contributed by atoms with Gasteiger partial charge in [0.15, 0.2) is 0 Å². The van der Waals surface area contributed by atoms with Gasteiger partial charge in [-0.1, -0.05) is 79.7 Å². The van der Waals surface area contributed by atoms with Gasteiger partial charge < -0.3 is 10.8 Å². The standard InChI is InChI=1S/C20H21NO/c1-20(14-21,19(22)16-8-3-2-4-9-16)18-12-11-15-7-5-6-10-17(15)13-18/h2-13,19,22H,14,21H2,1H3. The first-order valence-corrected chi connectivity index (χ1v) is 7.57.